The standard InChI is InChI=1S/C23H25NO4S2/c1-2-27-20(23(25)26)13-15-3-6-17(7-4-15)28-11-9-18-21-16(10-12-29-21)5-8-19-22(18)30-14-24-19/h3-4,6-7,10,12,20H,2,5,8-9,11,13-14H2,1H3,(H,25,26). The van der Waals surface area contributed by atoms with Crippen LogP contribution in [0.4, 0.5) is 0 Å². The molecule has 1 aliphatic carbocycles. The van der Waals surface area contributed by atoms with Crippen LogP contribution in [0.3, 0.4) is 0 Å². The van der Waals surface area contributed by atoms with E-state index in [4.69, 9.17) is 9.47 Å². The smallest absolute Gasteiger partial charge is 0.333 e. The van der Waals surface area contributed by atoms with Gasteiger partial charge in [0.25, 0.3) is 0 Å². The zero-order chi connectivity index (χ0) is 20.9. The number of ether oxygens (including phenoxy) is 2. The fourth-order valence-electron chi connectivity index (χ4n) is 3.79. The van der Waals surface area contributed by atoms with Crippen LogP contribution in [0.1, 0.15) is 35.8 Å². The fraction of sp³-hybridized carbons (Fsp3) is 0.391. The number of allylic oxidation sites excluding steroid dienone is 1. The molecule has 7 heteroatoms. The van der Waals surface area contributed by atoms with Gasteiger partial charge in [-0.25, -0.2) is 4.79 Å². The molecule has 0 saturated carbocycles. The Hall–Kier alpha value is -2.09. The van der Waals surface area contributed by atoms with E-state index in [-0.39, 0.29) is 0 Å². The Labute approximate surface area is 184 Å². The minimum absolute atomic E-state index is 0.347. The van der Waals surface area contributed by atoms with Crippen LogP contribution >= 0.6 is 23.1 Å². The highest BCUT2D eigenvalue weighted by molar-refractivity contribution is 8.04. The van der Waals surface area contributed by atoms with Crippen LogP contribution in [-0.4, -0.2) is 42.0 Å². The summed E-state index contributed by atoms with van der Waals surface area (Å²) >= 11 is 3.66. The van der Waals surface area contributed by atoms with Crippen LogP contribution < -0.4 is 4.74 Å². The number of hydrogen-bond donors (Lipinski definition) is 1. The summed E-state index contributed by atoms with van der Waals surface area (Å²) < 4.78 is 11.3. The minimum Gasteiger partial charge on any atom is -0.493 e. The molecular weight excluding hydrogens is 418 g/mol. The summed E-state index contributed by atoms with van der Waals surface area (Å²) in [5.74, 6) is 0.687. The van der Waals surface area contributed by atoms with Crippen molar-refractivity contribution in [1.82, 2.24) is 0 Å². The first kappa shape index (κ1) is 21.2. The van der Waals surface area contributed by atoms with Crippen molar-refractivity contribution >= 4 is 40.4 Å². The van der Waals surface area contributed by atoms with Crippen LogP contribution in [0.25, 0.3) is 5.57 Å². The van der Waals surface area contributed by atoms with Crippen molar-refractivity contribution in [2.45, 2.75) is 38.7 Å². The van der Waals surface area contributed by atoms with Gasteiger partial charge in [-0.15, -0.1) is 23.1 Å². The molecule has 4 rings (SSSR count). The summed E-state index contributed by atoms with van der Waals surface area (Å²) in [6.07, 6.45) is 2.47. The second-order valence-corrected chi connectivity index (χ2v) is 9.06. The van der Waals surface area contributed by atoms with Gasteiger partial charge in [-0.05, 0) is 60.0 Å². The zero-order valence-corrected chi connectivity index (χ0v) is 18.6. The molecule has 1 aromatic carbocycles. The van der Waals surface area contributed by atoms with Crippen LogP contribution in [0.2, 0.25) is 0 Å². The quantitative estimate of drug-likeness (QED) is 0.587. The zero-order valence-electron chi connectivity index (χ0n) is 16.9. The van der Waals surface area contributed by atoms with Crippen molar-refractivity contribution < 1.29 is 19.4 Å². The highest BCUT2D eigenvalue weighted by atomic mass is 32.2. The van der Waals surface area contributed by atoms with Crippen molar-refractivity contribution in [3.05, 3.63) is 56.6 Å². The van der Waals surface area contributed by atoms with Gasteiger partial charge in [0.1, 0.15) is 5.75 Å². The molecule has 0 fully saturated rings. The average Bonchev–Trinajstić information content (AvgIpc) is 3.38. The highest BCUT2D eigenvalue weighted by Gasteiger charge is 2.25. The molecule has 30 heavy (non-hydrogen) atoms. The third kappa shape index (κ3) is 4.79. The summed E-state index contributed by atoms with van der Waals surface area (Å²) in [7, 11) is 0. The van der Waals surface area contributed by atoms with Gasteiger partial charge in [0, 0.05) is 29.2 Å². The van der Waals surface area contributed by atoms with Gasteiger partial charge >= 0.3 is 5.97 Å². The minimum atomic E-state index is -0.935. The number of aryl methyl sites for hydroxylation is 1. The lowest BCUT2D eigenvalue weighted by atomic mass is 10.1. The Bertz CT molecular complexity index is 962. The Morgan fingerprint density at radius 1 is 1.23 bits per heavy atom. The Kier molecular flexibility index (Phi) is 6.92. The molecule has 158 valence electrons. The molecule has 1 aromatic heterocycles. The van der Waals surface area contributed by atoms with Crippen molar-refractivity contribution in [1.29, 1.82) is 0 Å². The maximum absolute atomic E-state index is 11.3. The van der Waals surface area contributed by atoms with E-state index in [0.717, 1.165) is 36.5 Å². The van der Waals surface area contributed by atoms with E-state index in [2.05, 4.69) is 16.4 Å². The molecule has 1 atom stereocenters. The third-order valence-corrected chi connectivity index (χ3v) is 7.31. The second-order valence-electron chi connectivity index (χ2n) is 7.19. The Morgan fingerprint density at radius 2 is 2.07 bits per heavy atom. The molecule has 0 spiro atoms. The van der Waals surface area contributed by atoms with Crippen LogP contribution in [0, 0.1) is 0 Å². The molecule has 0 radical (unpaired) electrons. The maximum atomic E-state index is 11.3. The monoisotopic (exact) mass is 443 g/mol. The SMILES string of the molecule is CCOC(Cc1ccc(OCCC2=C3SCN=C3CCc3ccsc32)cc1)C(=O)O. The van der Waals surface area contributed by atoms with Crippen LogP contribution in [0.15, 0.2) is 45.6 Å². The first-order valence-corrected chi connectivity index (χ1v) is 12.0. The number of aliphatic carboxylic acids is 1. The summed E-state index contributed by atoms with van der Waals surface area (Å²) in [6.45, 7) is 2.78. The summed E-state index contributed by atoms with van der Waals surface area (Å²) in [5, 5.41) is 11.4. The van der Waals surface area contributed by atoms with E-state index in [0.29, 0.717) is 19.6 Å². The molecule has 1 unspecified atom stereocenters. The lowest BCUT2D eigenvalue weighted by Gasteiger charge is -2.13. The summed E-state index contributed by atoms with van der Waals surface area (Å²) in [5.41, 5.74) is 4.97. The van der Waals surface area contributed by atoms with E-state index in [1.165, 1.54) is 26.6 Å². The molecule has 2 aliphatic rings. The lowest BCUT2D eigenvalue weighted by molar-refractivity contribution is -0.149. The van der Waals surface area contributed by atoms with Crippen LogP contribution in [0.5, 0.6) is 5.75 Å². The van der Waals surface area contributed by atoms with Crippen molar-refractivity contribution in [3.63, 3.8) is 0 Å². The summed E-state index contributed by atoms with van der Waals surface area (Å²) in [6, 6.07) is 9.86. The van der Waals surface area contributed by atoms with E-state index < -0.39 is 12.1 Å². The van der Waals surface area contributed by atoms with Gasteiger partial charge in [-0.1, -0.05) is 12.1 Å². The molecule has 0 amide bonds. The molecule has 2 aromatic rings. The van der Waals surface area contributed by atoms with Crippen molar-refractivity contribution in [2.24, 2.45) is 4.99 Å². The van der Waals surface area contributed by atoms with E-state index in [1.807, 2.05) is 47.4 Å². The lowest BCUT2D eigenvalue weighted by Crippen LogP contribution is -2.26. The molecule has 1 aliphatic heterocycles. The van der Waals surface area contributed by atoms with E-state index in [9.17, 15) is 9.90 Å². The normalized spacial score (nSPS) is 16.5. The van der Waals surface area contributed by atoms with Gasteiger partial charge in [0.2, 0.25) is 0 Å². The number of carbonyl (C=O) groups is 1. The van der Waals surface area contributed by atoms with Crippen molar-refractivity contribution in [2.75, 3.05) is 19.1 Å². The molecule has 0 saturated heterocycles. The van der Waals surface area contributed by atoms with Gasteiger partial charge in [-0.3, -0.25) is 4.99 Å². The number of aliphatic imine (C=N–C) groups is 1. The van der Waals surface area contributed by atoms with Crippen LogP contribution in [-0.2, 0) is 22.4 Å². The maximum Gasteiger partial charge on any atom is 0.333 e. The molecular formula is C23H25NO4S2. The average molecular weight is 444 g/mol. The van der Waals surface area contributed by atoms with Gasteiger partial charge in [-0.2, -0.15) is 0 Å². The number of fused-ring (bicyclic) bond motifs is 2. The number of nitrogens with zero attached hydrogens (tertiary/aromatic N) is 1. The first-order valence-electron chi connectivity index (χ1n) is 10.2. The number of thiophene rings is 1. The molecule has 5 nitrogen and oxygen atoms in total. The molecule has 0 bridgehead atoms. The topological polar surface area (TPSA) is 68.1 Å². The summed E-state index contributed by atoms with van der Waals surface area (Å²) in [4.78, 5) is 18.7. The Morgan fingerprint density at radius 3 is 2.83 bits per heavy atom. The largest absolute Gasteiger partial charge is 0.493 e. The molecule has 2 heterocycles. The first-order chi connectivity index (χ1) is 14.7. The predicted octanol–water partition coefficient (Wildman–Crippen LogP) is 5.05. The number of carboxylic acids is 1. The third-order valence-electron chi connectivity index (χ3n) is 5.26. The number of hydrogen-bond acceptors (Lipinski definition) is 6. The number of thioether (sulfide) groups is 1. The fourth-order valence-corrected chi connectivity index (χ4v) is 5.95. The van der Waals surface area contributed by atoms with E-state index >= 15 is 0 Å². The number of carboxylic acid groups (broad SMARTS) is 1. The number of benzene rings is 1. The van der Waals surface area contributed by atoms with Crippen molar-refractivity contribution in [3.8, 4) is 5.75 Å². The number of rotatable bonds is 9. The highest BCUT2D eigenvalue weighted by Crippen LogP contribution is 2.41. The van der Waals surface area contributed by atoms with Gasteiger partial charge in [0.05, 0.1) is 18.2 Å². The molecule has 1 N–H and O–H groups in total. The van der Waals surface area contributed by atoms with E-state index in [1.54, 1.807) is 6.92 Å². The Balaban J connectivity index is 1.39. The second kappa shape index (κ2) is 9.81. The van der Waals surface area contributed by atoms with Gasteiger partial charge < -0.3 is 14.6 Å². The predicted molar refractivity (Wildman–Crippen MR) is 123 cm³/mol. The van der Waals surface area contributed by atoms with Gasteiger partial charge in [0.15, 0.2) is 6.10 Å².